The number of fused-ring (bicyclic) bond motifs is 2. The topological polar surface area (TPSA) is 16.1 Å². The van der Waals surface area contributed by atoms with Crippen molar-refractivity contribution in [1.29, 1.82) is 0 Å². The van der Waals surface area contributed by atoms with Gasteiger partial charge in [-0.05, 0) is 53.8 Å². The number of anilines is 1. The van der Waals surface area contributed by atoms with Gasteiger partial charge in [0.05, 0.1) is 5.52 Å². The van der Waals surface area contributed by atoms with E-state index in [0.717, 1.165) is 12.1 Å². The fourth-order valence-electron chi connectivity index (χ4n) is 3.36. The quantitative estimate of drug-likeness (QED) is 0.676. The van der Waals surface area contributed by atoms with Gasteiger partial charge in [0.1, 0.15) is 0 Å². The van der Waals surface area contributed by atoms with Gasteiger partial charge >= 0.3 is 0 Å². The van der Waals surface area contributed by atoms with Crippen LogP contribution in [-0.4, -0.2) is 18.6 Å². The number of hydrogen-bond donors (Lipinski definition) is 0. The predicted octanol–water partition coefficient (Wildman–Crippen LogP) is 4.79. The highest BCUT2D eigenvalue weighted by Gasteiger charge is 2.12. The van der Waals surface area contributed by atoms with Crippen LogP contribution in [0.4, 0.5) is 5.69 Å². The summed E-state index contributed by atoms with van der Waals surface area (Å²) in [5.74, 6) is 0. The molecule has 1 aromatic heterocycles. The molecule has 0 saturated carbocycles. The molecule has 2 heteroatoms. The van der Waals surface area contributed by atoms with E-state index in [2.05, 4.69) is 71.5 Å². The van der Waals surface area contributed by atoms with Gasteiger partial charge in [0.25, 0.3) is 0 Å². The van der Waals surface area contributed by atoms with Gasteiger partial charge in [-0.15, -0.1) is 0 Å². The molecular formula is C21H20N2. The van der Waals surface area contributed by atoms with Crippen molar-refractivity contribution in [2.45, 2.75) is 12.8 Å². The monoisotopic (exact) mass is 300 g/mol. The van der Waals surface area contributed by atoms with E-state index in [1.54, 1.807) is 0 Å². The number of aromatic nitrogens is 1. The van der Waals surface area contributed by atoms with E-state index in [4.69, 9.17) is 0 Å². The molecule has 2 heterocycles. The van der Waals surface area contributed by atoms with Crippen LogP contribution in [0.15, 0.2) is 54.7 Å². The Hall–Kier alpha value is -2.61. The molecule has 0 aliphatic carbocycles. The molecule has 0 unspecified atom stereocenters. The van der Waals surface area contributed by atoms with Crippen molar-refractivity contribution in [3.8, 4) is 0 Å². The Morgan fingerprint density at radius 3 is 2.91 bits per heavy atom. The molecule has 0 N–H and O–H groups in total. The van der Waals surface area contributed by atoms with Gasteiger partial charge in [-0.3, -0.25) is 4.98 Å². The summed E-state index contributed by atoms with van der Waals surface area (Å²) >= 11 is 0. The minimum Gasteiger partial charge on any atom is -0.374 e. The Labute approximate surface area is 137 Å². The standard InChI is InChI=1S/C21H20N2/c1-23-14-4-5-18-15-16(9-11-21(18)23)8-10-17-12-13-22-20-7-3-2-6-19(17)20/h2-3,6-13,15H,4-5,14H2,1H3. The first-order valence-corrected chi connectivity index (χ1v) is 8.17. The van der Waals surface area contributed by atoms with E-state index in [9.17, 15) is 0 Å². The van der Waals surface area contributed by atoms with Gasteiger partial charge in [-0.2, -0.15) is 0 Å². The van der Waals surface area contributed by atoms with Crippen molar-refractivity contribution in [1.82, 2.24) is 4.98 Å². The lowest BCUT2D eigenvalue weighted by atomic mass is 9.99. The molecule has 2 nitrogen and oxygen atoms in total. The highest BCUT2D eigenvalue weighted by molar-refractivity contribution is 5.90. The minimum atomic E-state index is 1.04. The van der Waals surface area contributed by atoms with Gasteiger partial charge in [-0.25, -0.2) is 0 Å². The van der Waals surface area contributed by atoms with Gasteiger partial charge < -0.3 is 4.90 Å². The summed E-state index contributed by atoms with van der Waals surface area (Å²) in [7, 11) is 2.18. The van der Waals surface area contributed by atoms with Gasteiger partial charge in [-0.1, -0.05) is 36.4 Å². The zero-order valence-electron chi connectivity index (χ0n) is 13.4. The van der Waals surface area contributed by atoms with Crippen LogP contribution >= 0.6 is 0 Å². The smallest absolute Gasteiger partial charge is 0.0707 e. The fourth-order valence-corrected chi connectivity index (χ4v) is 3.36. The number of rotatable bonds is 2. The summed E-state index contributed by atoms with van der Waals surface area (Å²) in [4.78, 5) is 6.77. The third-order valence-electron chi connectivity index (χ3n) is 4.59. The average Bonchev–Trinajstić information content (AvgIpc) is 2.60. The summed E-state index contributed by atoms with van der Waals surface area (Å²) in [6, 6.07) is 17.1. The summed E-state index contributed by atoms with van der Waals surface area (Å²) in [5, 5.41) is 1.20. The highest BCUT2D eigenvalue weighted by atomic mass is 15.1. The van der Waals surface area contributed by atoms with Crippen molar-refractivity contribution in [3.05, 3.63) is 71.4 Å². The molecule has 0 atom stereocenters. The van der Waals surface area contributed by atoms with E-state index in [0.29, 0.717) is 0 Å². The molecule has 2 aromatic carbocycles. The molecule has 4 rings (SSSR count). The molecule has 1 aliphatic heterocycles. The molecular weight excluding hydrogens is 280 g/mol. The Morgan fingerprint density at radius 1 is 1.04 bits per heavy atom. The third kappa shape index (κ3) is 2.72. The van der Waals surface area contributed by atoms with E-state index >= 15 is 0 Å². The molecule has 0 amide bonds. The van der Waals surface area contributed by atoms with E-state index in [-0.39, 0.29) is 0 Å². The molecule has 0 saturated heterocycles. The van der Waals surface area contributed by atoms with Crippen LogP contribution in [0, 0.1) is 0 Å². The van der Waals surface area contributed by atoms with Crippen molar-refractivity contribution < 1.29 is 0 Å². The summed E-state index contributed by atoms with van der Waals surface area (Å²) in [5.41, 5.74) is 6.36. The molecule has 0 spiro atoms. The second-order valence-corrected chi connectivity index (χ2v) is 6.16. The number of aryl methyl sites for hydroxylation is 1. The lowest BCUT2D eigenvalue weighted by Crippen LogP contribution is -2.24. The number of hydrogen-bond acceptors (Lipinski definition) is 2. The van der Waals surface area contributed by atoms with Crippen LogP contribution in [0.1, 0.15) is 23.1 Å². The van der Waals surface area contributed by atoms with Crippen LogP contribution in [0.5, 0.6) is 0 Å². The maximum Gasteiger partial charge on any atom is 0.0707 e. The largest absolute Gasteiger partial charge is 0.374 e. The van der Waals surface area contributed by atoms with Crippen LogP contribution in [0.3, 0.4) is 0 Å². The van der Waals surface area contributed by atoms with Crippen LogP contribution in [0.2, 0.25) is 0 Å². The molecule has 3 aromatic rings. The molecule has 23 heavy (non-hydrogen) atoms. The summed E-state index contributed by atoms with van der Waals surface area (Å²) in [6.07, 6.45) is 8.70. The predicted molar refractivity (Wildman–Crippen MR) is 98.7 cm³/mol. The minimum absolute atomic E-state index is 1.04. The zero-order valence-corrected chi connectivity index (χ0v) is 13.4. The average molecular weight is 300 g/mol. The number of benzene rings is 2. The second kappa shape index (κ2) is 5.88. The van der Waals surface area contributed by atoms with Crippen molar-refractivity contribution in [3.63, 3.8) is 0 Å². The van der Waals surface area contributed by atoms with Crippen LogP contribution in [-0.2, 0) is 6.42 Å². The molecule has 1 aliphatic rings. The zero-order chi connectivity index (χ0) is 15.6. The Morgan fingerprint density at radius 2 is 1.96 bits per heavy atom. The molecule has 0 radical (unpaired) electrons. The third-order valence-corrected chi connectivity index (χ3v) is 4.59. The normalized spacial score (nSPS) is 14.4. The molecule has 0 fully saturated rings. The highest BCUT2D eigenvalue weighted by Crippen LogP contribution is 2.27. The Bertz CT molecular complexity index is 875. The van der Waals surface area contributed by atoms with E-state index in [1.165, 1.54) is 40.6 Å². The van der Waals surface area contributed by atoms with Gasteiger partial charge in [0, 0.05) is 30.9 Å². The van der Waals surface area contributed by atoms with E-state index in [1.807, 2.05) is 12.3 Å². The first-order valence-electron chi connectivity index (χ1n) is 8.17. The van der Waals surface area contributed by atoms with Gasteiger partial charge in [0.2, 0.25) is 0 Å². The maximum absolute atomic E-state index is 4.42. The molecule has 0 bridgehead atoms. The Balaban J connectivity index is 1.68. The van der Waals surface area contributed by atoms with Crippen molar-refractivity contribution in [2.75, 3.05) is 18.5 Å². The first kappa shape index (κ1) is 14.0. The lowest BCUT2D eigenvalue weighted by molar-refractivity contribution is 0.744. The van der Waals surface area contributed by atoms with E-state index < -0.39 is 0 Å². The lowest BCUT2D eigenvalue weighted by Gasteiger charge is -2.27. The van der Waals surface area contributed by atoms with Crippen molar-refractivity contribution >= 4 is 28.7 Å². The van der Waals surface area contributed by atoms with Crippen LogP contribution < -0.4 is 4.90 Å². The molecule has 114 valence electrons. The maximum atomic E-state index is 4.42. The van der Waals surface area contributed by atoms with Crippen LogP contribution in [0.25, 0.3) is 23.1 Å². The number of nitrogens with zero attached hydrogens (tertiary/aromatic N) is 2. The second-order valence-electron chi connectivity index (χ2n) is 6.16. The number of para-hydroxylation sites is 1. The summed E-state index contributed by atoms with van der Waals surface area (Å²) < 4.78 is 0. The SMILES string of the molecule is CN1CCCc2cc(C=Cc3ccnc4ccccc34)ccc21. The Kier molecular flexibility index (Phi) is 3.58. The van der Waals surface area contributed by atoms with Crippen molar-refractivity contribution in [2.24, 2.45) is 0 Å². The summed E-state index contributed by atoms with van der Waals surface area (Å²) in [6.45, 7) is 1.16. The van der Waals surface area contributed by atoms with Gasteiger partial charge in [0.15, 0.2) is 0 Å². The number of pyridine rings is 1. The fraction of sp³-hybridized carbons (Fsp3) is 0.190. The first-order chi connectivity index (χ1) is 11.3.